The minimum absolute atomic E-state index is 0.0625. The third-order valence-electron chi connectivity index (χ3n) is 2.58. The van der Waals surface area contributed by atoms with E-state index in [2.05, 4.69) is 15.3 Å². The lowest BCUT2D eigenvalue weighted by atomic mass is 10.2. The fourth-order valence-corrected chi connectivity index (χ4v) is 1.68. The van der Waals surface area contributed by atoms with E-state index in [1.165, 1.54) is 13.3 Å². The number of hydrogen-bond donors (Lipinski definition) is 2. The normalized spacial score (nSPS) is 10.9. The van der Waals surface area contributed by atoms with Gasteiger partial charge in [0.05, 0.1) is 13.3 Å². The van der Waals surface area contributed by atoms with Crippen molar-refractivity contribution in [3.8, 4) is 11.5 Å². The van der Waals surface area contributed by atoms with E-state index < -0.39 is 5.56 Å². The number of phenolic OH excluding ortho intramolecular Hbond substituents is 1. The number of methoxy groups -OCH3 is 1. The Labute approximate surface area is 119 Å². The zero-order valence-electron chi connectivity index (χ0n) is 10.8. The van der Waals surface area contributed by atoms with Gasteiger partial charge in [0, 0.05) is 5.56 Å². The maximum Gasteiger partial charge on any atom is 0.296 e. The van der Waals surface area contributed by atoms with E-state index in [9.17, 15) is 9.90 Å². The van der Waals surface area contributed by atoms with Crippen molar-refractivity contribution in [1.29, 1.82) is 0 Å². The summed E-state index contributed by atoms with van der Waals surface area (Å²) in [6.07, 6.45) is 1.32. The van der Waals surface area contributed by atoms with Crippen molar-refractivity contribution < 1.29 is 9.84 Å². The van der Waals surface area contributed by atoms with Crippen LogP contribution in [0.4, 0.5) is 0 Å². The van der Waals surface area contributed by atoms with Gasteiger partial charge in [-0.15, -0.1) is 0 Å². The van der Waals surface area contributed by atoms with Crippen LogP contribution < -0.4 is 10.3 Å². The van der Waals surface area contributed by atoms with Crippen molar-refractivity contribution in [2.45, 2.75) is 6.92 Å². The van der Waals surface area contributed by atoms with Gasteiger partial charge in [0.2, 0.25) is 4.77 Å². The molecule has 8 heteroatoms. The molecule has 2 N–H and O–H groups in total. The van der Waals surface area contributed by atoms with Gasteiger partial charge in [-0.3, -0.25) is 9.89 Å². The van der Waals surface area contributed by atoms with Gasteiger partial charge in [-0.05, 0) is 31.3 Å². The summed E-state index contributed by atoms with van der Waals surface area (Å²) in [5.41, 5.74) is 0.220. The molecule has 0 aliphatic rings. The lowest BCUT2D eigenvalue weighted by Gasteiger charge is -2.05. The van der Waals surface area contributed by atoms with E-state index in [0.717, 1.165) is 4.68 Å². The largest absolute Gasteiger partial charge is 0.504 e. The van der Waals surface area contributed by atoms with Crippen LogP contribution >= 0.6 is 12.2 Å². The number of nitrogens with zero attached hydrogens (tertiary/aromatic N) is 3. The topological polar surface area (TPSA) is 92.5 Å². The molecule has 0 unspecified atom stereocenters. The lowest BCUT2D eigenvalue weighted by molar-refractivity contribution is 0.373. The Morgan fingerprint density at radius 3 is 3.00 bits per heavy atom. The summed E-state index contributed by atoms with van der Waals surface area (Å²) >= 11 is 4.94. The van der Waals surface area contributed by atoms with E-state index in [0.29, 0.717) is 11.3 Å². The molecule has 104 valence electrons. The van der Waals surface area contributed by atoms with E-state index in [1.54, 1.807) is 25.1 Å². The van der Waals surface area contributed by atoms with Gasteiger partial charge >= 0.3 is 0 Å². The number of aromatic nitrogens is 3. The van der Waals surface area contributed by atoms with Crippen LogP contribution in [0.15, 0.2) is 28.1 Å². The number of rotatable bonds is 3. The standard InChI is InChI=1S/C12H12N4O3S/c1-7-11(18)16(12(20)15-14-7)13-6-8-4-3-5-9(19-2)10(8)17/h3-6,17H,1-2H3,(H,15,20)/b13-6+. The molecular formula is C12H12N4O3S. The fraction of sp³-hybridized carbons (Fsp3) is 0.167. The second kappa shape index (κ2) is 5.66. The number of benzene rings is 1. The summed E-state index contributed by atoms with van der Waals surface area (Å²) in [5.74, 6) is 0.254. The Bertz CT molecular complexity index is 779. The van der Waals surface area contributed by atoms with Gasteiger partial charge in [-0.1, -0.05) is 6.07 Å². The summed E-state index contributed by atoms with van der Waals surface area (Å²) in [5, 5.41) is 20.1. The monoisotopic (exact) mass is 292 g/mol. The molecule has 0 atom stereocenters. The van der Waals surface area contributed by atoms with Gasteiger partial charge in [-0.2, -0.15) is 14.9 Å². The van der Waals surface area contributed by atoms with Crippen LogP contribution in [0.1, 0.15) is 11.3 Å². The van der Waals surface area contributed by atoms with Crippen LogP contribution in [-0.2, 0) is 0 Å². The van der Waals surface area contributed by atoms with Crippen LogP contribution in [0, 0.1) is 11.7 Å². The van der Waals surface area contributed by atoms with Gasteiger partial charge in [0.1, 0.15) is 5.69 Å². The molecule has 0 amide bonds. The van der Waals surface area contributed by atoms with Gasteiger partial charge in [0.25, 0.3) is 5.56 Å². The van der Waals surface area contributed by atoms with Crippen molar-refractivity contribution in [3.05, 3.63) is 44.6 Å². The second-order valence-corrected chi connectivity index (χ2v) is 4.26. The third-order valence-corrected chi connectivity index (χ3v) is 2.84. The number of aryl methyl sites for hydroxylation is 1. The highest BCUT2D eigenvalue weighted by Gasteiger charge is 2.06. The van der Waals surface area contributed by atoms with Crippen molar-refractivity contribution in [3.63, 3.8) is 0 Å². The van der Waals surface area contributed by atoms with Crippen LogP contribution in [-0.4, -0.2) is 33.3 Å². The number of para-hydroxylation sites is 1. The van der Waals surface area contributed by atoms with E-state index in [-0.39, 0.29) is 16.2 Å². The first-order chi connectivity index (χ1) is 9.54. The highest BCUT2D eigenvalue weighted by molar-refractivity contribution is 7.71. The Hall–Kier alpha value is -2.48. The Kier molecular flexibility index (Phi) is 3.94. The van der Waals surface area contributed by atoms with Crippen LogP contribution in [0.2, 0.25) is 0 Å². The highest BCUT2D eigenvalue weighted by atomic mass is 32.1. The lowest BCUT2D eigenvalue weighted by Crippen LogP contribution is -2.22. The minimum atomic E-state index is -0.424. The average molecular weight is 292 g/mol. The minimum Gasteiger partial charge on any atom is -0.504 e. The van der Waals surface area contributed by atoms with Gasteiger partial charge in [0.15, 0.2) is 11.5 Å². The molecule has 0 spiro atoms. The van der Waals surface area contributed by atoms with E-state index >= 15 is 0 Å². The quantitative estimate of drug-likeness (QED) is 0.655. The maximum absolute atomic E-state index is 11.8. The number of nitrogens with one attached hydrogen (secondary N) is 1. The molecule has 0 saturated heterocycles. The first kappa shape index (κ1) is 13.9. The molecule has 7 nitrogen and oxygen atoms in total. The molecular weight excluding hydrogens is 280 g/mol. The second-order valence-electron chi connectivity index (χ2n) is 3.87. The van der Waals surface area contributed by atoms with Gasteiger partial charge < -0.3 is 9.84 Å². The maximum atomic E-state index is 11.8. The molecule has 1 aromatic heterocycles. The van der Waals surface area contributed by atoms with E-state index in [4.69, 9.17) is 17.0 Å². The summed E-state index contributed by atoms with van der Waals surface area (Å²) in [7, 11) is 1.45. The van der Waals surface area contributed by atoms with Crippen LogP contribution in [0.5, 0.6) is 11.5 Å². The molecule has 1 heterocycles. The number of hydrogen-bond acceptors (Lipinski definition) is 6. The summed E-state index contributed by atoms with van der Waals surface area (Å²) in [6, 6.07) is 4.94. The average Bonchev–Trinajstić information content (AvgIpc) is 2.44. The number of ether oxygens (including phenoxy) is 1. The Morgan fingerprint density at radius 1 is 1.55 bits per heavy atom. The fourth-order valence-electron chi connectivity index (χ4n) is 1.51. The molecule has 0 saturated carbocycles. The number of aromatic hydroxyl groups is 1. The van der Waals surface area contributed by atoms with Crippen molar-refractivity contribution in [2.24, 2.45) is 5.10 Å². The molecule has 2 rings (SSSR count). The van der Waals surface area contributed by atoms with Crippen molar-refractivity contribution >= 4 is 18.4 Å². The SMILES string of the molecule is COc1cccc(/C=N/n2c(=S)[nH]nc(C)c2=O)c1O. The van der Waals surface area contributed by atoms with Crippen LogP contribution in [0.3, 0.4) is 0 Å². The number of aromatic amines is 1. The predicted molar refractivity (Wildman–Crippen MR) is 76.1 cm³/mol. The molecule has 0 aliphatic carbocycles. The van der Waals surface area contributed by atoms with Crippen molar-refractivity contribution in [2.75, 3.05) is 7.11 Å². The zero-order valence-corrected chi connectivity index (χ0v) is 11.6. The molecule has 0 bridgehead atoms. The molecule has 2 aromatic rings. The number of H-pyrrole nitrogens is 1. The van der Waals surface area contributed by atoms with Crippen molar-refractivity contribution in [1.82, 2.24) is 14.9 Å². The van der Waals surface area contributed by atoms with E-state index in [1.807, 2.05) is 0 Å². The predicted octanol–water partition coefficient (Wildman–Crippen LogP) is 1.21. The van der Waals surface area contributed by atoms with Gasteiger partial charge in [-0.25, -0.2) is 0 Å². The molecule has 0 radical (unpaired) electrons. The Morgan fingerprint density at radius 2 is 2.30 bits per heavy atom. The molecule has 1 aromatic carbocycles. The summed E-state index contributed by atoms with van der Waals surface area (Å²) in [4.78, 5) is 11.8. The van der Waals surface area contributed by atoms with Crippen LogP contribution in [0.25, 0.3) is 0 Å². The summed E-state index contributed by atoms with van der Waals surface area (Å²) < 4.78 is 6.05. The molecule has 0 aliphatic heterocycles. The number of phenols is 1. The first-order valence-corrected chi connectivity index (χ1v) is 6.04. The highest BCUT2D eigenvalue weighted by Crippen LogP contribution is 2.27. The Balaban J connectivity index is 2.48. The molecule has 20 heavy (non-hydrogen) atoms. The first-order valence-electron chi connectivity index (χ1n) is 5.63. The zero-order chi connectivity index (χ0) is 14.7. The third kappa shape index (κ3) is 2.59. The smallest absolute Gasteiger partial charge is 0.296 e. The summed E-state index contributed by atoms with van der Waals surface area (Å²) in [6.45, 7) is 1.54. The molecule has 0 fully saturated rings.